The number of nitrogens with zero attached hydrogens (tertiary/aromatic N) is 7. The summed E-state index contributed by atoms with van der Waals surface area (Å²) < 4.78 is 70.4. The number of likely N-dealkylation sites (N-methyl/N-ethyl adjacent to an activating group) is 3. The van der Waals surface area contributed by atoms with Crippen LogP contribution in [0.3, 0.4) is 0 Å². The topological polar surface area (TPSA) is 319 Å². The maximum atomic E-state index is 14.9. The van der Waals surface area contributed by atoms with E-state index in [0.29, 0.717) is 31.5 Å². The van der Waals surface area contributed by atoms with Gasteiger partial charge in [-0.25, -0.2) is 23.9 Å². The van der Waals surface area contributed by atoms with Crippen LogP contribution in [0, 0.1) is 41.4 Å². The number of carbonyl (C=O) groups excluding carboxylic acids is 9. The Morgan fingerprint density at radius 2 is 1.22 bits per heavy atom. The molecule has 4 fully saturated rings. The van der Waals surface area contributed by atoms with Crippen molar-refractivity contribution >= 4 is 64.1 Å². The Hall–Kier alpha value is -7.77. The summed E-state index contributed by atoms with van der Waals surface area (Å²) >= 11 is 0. The van der Waals surface area contributed by atoms with Crippen molar-refractivity contribution in [3.63, 3.8) is 0 Å². The van der Waals surface area contributed by atoms with Crippen LogP contribution < -0.4 is 0 Å². The second-order valence-corrected chi connectivity index (χ2v) is 33.4. The minimum Gasteiger partial charge on any atom is -0.457 e. The van der Waals surface area contributed by atoms with Crippen molar-refractivity contribution in [3.05, 3.63) is 108 Å². The number of aliphatic hydroxyl groups is 1. The van der Waals surface area contributed by atoms with E-state index in [0.717, 1.165) is 21.0 Å². The van der Waals surface area contributed by atoms with Crippen LogP contribution in [0.15, 0.2) is 97.2 Å². The number of amides is 1. The maximum absolute atomic E-state index is 14.9. The maximum Gasteiger partial charge on any atom is 0.420 e. The SMILES string of the molecule is CC[C@H]1OC(=O)[C@H](C)C(=O)[C@H](C)[C@@H](OC2O[C@H](C)C[C@H](N(C)C)[C@H]2O)[C@@](C)(OC)C[C@@H](C)C(=O)[C@H](C)[C@H]2N(CCN(C)Cc3cnc4ccccc4c3)C(=O)O[C@]12CC.CC[C@H]1OC(=O)[C@H](C)C(=O)[C@H](C)[C@@H](OC2O[C@H](C)C[C@H](N(C)C)[C@H]2OC(=O)c2ccccc2)[C@@](C)(OC)C[C@@H](C)C(=O)/C(C)=C/[C@]1(CC)OC(=O)n1ccnc1. The van der Waals surface area contributed by atoms with E-state index < -0.39 is 161 Å². The summed E-state index contributed by atoms with van der Waals surface area (Å²) in [5.74, 6) is -10.2. The van der Waals surface area contributed by atoms with E-state index in [9.17, 15) is 48.3 Å². The first kappa shape index (κ1) is 92.7. The molecular formula is C87H127N7O21. The average molecular weight is 1610 g/mol. The van der Waals surface area contributed by atoms with Gasteiger partial charge in [0.2, 0.25) is 0 Å². The van der Waals surface area contributed by atoms with E-state index in [1.165, 1.54) is 46.8 Å². The normalized spacial score (nSPS) is 35.5. The van der Waals surface area contributed by atoms with E-state index in [-0.39, 0.29) is 86.5 Å². The molecule has 2 aromatic carbocycles. The number of fused-ring (bicyclic) bond motifs is 2. The predicted octanol–water partition coefficient (Wildman–Crippen LogP) is 11.1. The van der Waals surface area contributed by atoms with Crippen LogP contribution in [-0.4, -0.2) is 257 Å². The van der Waals surface area contributed by atoms with Crippen LogP contribution >= 0.6 is 0 Å². The largest absolute Gasteiger partial charge is 0.457 e. The molecule has 1 N–H and O–H groups in total. The van der Waals surface area contributed by atoms with Crippen LogP contribution in [0.5, 0.6) is 0 Å². The third-order valence-corrected chi connectivity index (χ3v) is 24.6. The second kappa shape index (κ2) is 39.7. The first-order valence-corrected chi connectivity index (χ1v) is 40.7. The molecule has 1 amide bonds. The van der Waals surface area contributed by atoms with Crippen LogP contribution in [0.4, 0.5) is 9.59 Å². The third kappa shape index (κ3) is 20.9. The van der Waals surface area contributed by atoms with Gasteiger partial charge in [-0.15, -0.1) is 0 Å². The van der Waals surface area contributed by atoms with Crippen molar-refractivity contribution in [1.82, 2.24) is 34.1 Å². The molecule has 0 saturated carbocycles. The van der Waals surface area contributed by atoms with Crippen LogP contribution in [0.2, 0.25) is 0 Å². The fourth-order valence-electron chi connectivity index (χ4n) is 17.8. The molecule has 5 aliphatic rings. The molecule has 28 nitrogen and oxygen atoms in total. The number of rotatable bonds is 20. The van der Waals surface area contributed by atoms with Crippen LogP contribution in [0.1, 0.15) is 178 Å². The fraction of sp³-hybridized carbons (Fsp3) is 0.667. The van der Waals surface area contributed by atoms with Gasteiger partial charge in [0, 0.05) is 93.5 Å². The number of cyclic esters (lactones) is 2. The number of aliphatic hydroxyl groups excluding tert-OH is 1. The Morgan fingerprint density at radius 3 is 1.77 bits per heavy atom. The molecule has 4 aromatic rings. The van der Waals surface area contributed by atoms with E-state index in [1.807, 2.05) is 117 Å². The highest BCUT2D eigenvalue weighted by atomic mass is 16.7. The first-order chi connectivity index (χ1) is 54.2. The number of hydrogen-bond acceptors (Lipinski definition) is 26. The summed E-state index contributed by atoms with van der Waals surface area (Å²) in [5.41, 5.74) is -2.98. The van der Waals surface area contributed by atoms with Crippen molar-refractivity contribution in [1.29, 1.82) is 0 Å². The molecular weight excluding hydrogens is 1480 g/mol. The lowest BCUT2D eigenvalue weighted by Gasteiger charge is -2.47. The number of methoxy groups -OCH3 is 2. The highest BCUT2D eigenvalue weighted by Gasteiger charge is 2.63. The van der Waals surface area contributed by atoms with Crippen molar-refractivity contribution in [2.75, 3.05) is 62.5 Å². The molecule has 0 bridgehead atoms. The molecule has 4 saturated heterocycles. The Kier molecular flexibility index (Phi) is 32.0. The smallest absolute Gasteiger partial charge is 0.420 e. The number of allylic oxidation sites excluding steroid dienone is 1. The molecule has 9 rings (SSSR count). The molecule has 7 heterocycles. The lowest BCUT2D eigenvalue weighted by atomic mass is 9.72. The van der Waals surface area contributed by atoms with Crippen molar-refractivity contribution in [3.8, 4) is 0 Å². The van der Waals surface area contributed by atoms with E-state index >= 15 is 0 Å². The number of hydrogen-bond donors (Lipinski definition) is 1. The van der Waals surface area contributed by atoms with Crippen molar-refractivity contribution < 1.29 is 100 Å². The zero-order chi connectivity index (χ0) is 85.1. The van der Waals surface area contributed by atoms with E-state index in [2.05, 4.69) is 20.9 Å². The van der Waals surface area contributed by atoms with Gasteiger partial charge in [0.1, 0.15) is 42.3 Å². The van der Waals surface area contributed by atoms with Crippen LogP contribution in [-0.2, 0) is 87.4 Å². The molecule has 5 aliphatic heterocycles. The Labute approximate surface area is 678 Å². The number of esters is 3. The minimum absolute atomic E-state index is 0.0770. The molecule has 636 valence electrons. The minimum atomic E-state index is -1.57. The Morgan fingerprint density at radius 1 is 0.670 bits per heavy atom. The summed E-state index contributed by atoms with van der Waals surface area (Å²) in [7, 11) is 12.4. The molecule has 2 aromatic heterocycles. The number of carbonyl (C=O) groups is 9. The first-order valence-electron chi connectivity index (χ1n) is 40.7. The molecule has 2 unspecified atom stereocenters. The van der Waals surface area contributed by atoms with E-state index in [4.69, 9.17) is 52.1 Å². The quantitative estimate of drug-likeness (QED) is 0.0488. The second-order valence-electron chi connectivity index (χ2n) is 33.4. The van der Waals surface area contributed by atoms with Gasteiger partial charge in [0.25, 0.3) is 0 Å². The fourth-order valence-corrected chi connectivity index (χ4v) is 17.8. The number of aromatic nitrogens is 3. The Balaban J connectivity index is 0.000000288. The van der Waals surface area contributed by atoms with Crippen LogP contribution in [0.25, 0.3) is 10.9 Å². The zero-order valence-corrected chi connectivity index (χ0v) is 71.7. The lowest BCUT2D eigenvalue weighted by molar-refractivity contribution is -0.295. The summed E-state index contributed by atoms with van der Waals surface area (Å²) in [6.07, 6.45) is -0.691. The lowest BCUT2D eigenvalue weighted by Crippen LogP contribution is -2.61. The summed E-state index contributed by atoms with van der Waals surface area (Å²) in [5, 5.41) is 12.5. The summed E-state index contributed by atoms with van der Waals surface area (Å²) in [6, 6.07) is 17.2. The summed E-state index contributed by atoms with van der Waals surface area (Å²) in [4.78, 5) is 143. The molecule has 0 spiro atoms. The third-order valence-electron chi connectivity index (χ3n) is 24.6. The number of Topliss-reactive ketones (excluding diaryl/α,β-unsaturated/α-hetero) is 4. The van der Waals surface area contributed by atoms with E-state index in [1.54, 1.807) is 96.7 Å². The number of pyridine rings is 1. The average Bonchev–Trinajstić information content (AvgIpc) is 1.62. The van der Waals surface area contributed by atoms with Gasteiger partial charge in [-0.05, 0) is 177 Å². The highest BCUT2D eigenvalue weighted by molar-refractivity contribution is 6.01. The number of para-hydroxylation sites is 1. The van der Waals surface area contributed by atoms with Gasteiger partial charge >= 0.3 is 30.1 Å². The highest BCUT2D eigenvalue weighted by Crippen LogP contribution is 2.46. The number of ketones is 4. The van der Waals surface area contributed by atoms with Gasteiger partial charge in [-0.3, -0.25) is 38.7 Å². The number of imidazole rings is 1. The molecule has 28 heteroatoms. The van der Waals surface area contributed by atoms with Gasteiger partial charge in [0.05, 0.1) is 58.8 Å². The number of ether oxygens (including phenoxy) is 11. The van der Waals surface area contributed by atoms with Gasteiger partial charge in [0.15, 0.2) is 47.2 Å². The van der Waals surface area contributed by atoms with Crippen molar-refractivity contribution in [2.45, 2.75) is 271 Å². The monoisotopic (exact) mass is 1610 g/mol. The van der Waals surface area contributed by atoms with Gasteiger partial charge in [-0.2, -0.15) is 0 Å². The number of benzene rings is 2. The predicted molar refractivity (Wildman–Crippen MR) is 428 cm³/mol. The Bertz CT molecular complexity index is 4030. The molecule has 115 heavy (non-hydrogen) atoms. The molecule has 0 aliphatic carbocycles. The summed E-state index contributed by atoms with van der Waals surface area (Å²) in [6.45, 7) is 29.1. The molecule has 24 atom stereocenters. The van der Waals surface area contributed by atoms with Gasteiger partial charge in [-0.1, -0.05) is 98.7 Å². The molecule has 0 radical (unpaired) electrons. The standard InChI is InChI=1S/C45H68N4O10.C42H59N3O11/c1-13-35-45(14-2)39(49(43(54)59-45)20-19-48(11)25-31-22-32-17-15-16-18-33(32)46-24-31)28(5)36(50)26(3)23-44(8,55-12)40(29(6)37(51)30(7)41(53)57-35)58-42-38(52)34(47(9)10)21-27(4)56-42;1-12-32-42(13-2,56-40(50)45-20-19-43-24-45)23-26(4)33(46)25(3)22-41(8,51-11)36(28(6)34(47)29(7)37(48)53-32)55-39-35(31(44(9)10)21-27(5)52-39)54-38(49)30-17-15-14-16-18-30/h15-18,22,24,26-30,34-35,38-40,42,52H,13-14,19-21,23,25H2,1-12H3;14-20,23-25,27-29,31-32,35-36,39H,12-13,21-22H2,1-11H3/b;26-23+/t26-,27-,28+,29+,30-,34+,35-,38-,39-,40-,42?,44+,45-;25-,27-,28+,29-,31+,32-,35-,36-,39?,41+,42+/m11/s1. The van der Waals surface area contributed by atoms with Crippen molar-refractivity contribution in [2.24, 2.45) is 41.4 Å². The van der Waals surface area contributed by atoms with Gasteiger partial charge < -0.3 is 71.9 Å². The zero-order valence-electron chi connectivity index (χ0n) is 71.7.